The standard InChI is InChI=1S/C24H26N4O2S4/c29-21(19-7-3-1-4-8-19)25-11-15-27(16-12-25)23(31)33-34-24(32)28-17-13-26(14-18-28)22(30)20-9-5-2-6-10-20/h1-10H,11-18H2. The number of amides is 2. The molecule has 2 amide bonds. The number of rotatable bonds is 2. The van der Waals surface area contributed by atoms with Crippen LogP contribution in [0.4, 0.5) is 0 Å². The lowest BCUT2D eigenvalue weighted by molar-refractivity contribution is 0.0688. The first kappa shape index (κ1) is 25.0. The summed E-state index contributed by atoms with van der Waals surface area (Å²) in [5, 5.41) is 0. The van der Waals surface area contributed by atoms with E-state index in [0.717, 1.165) is 45.9 Å². The van der Waals surface area contributed by atoms with Crippen molar-refractivity contribution < 1.29 is 9.59 Å². The molecule has 2 fully saturated rings. The maximum absolute atomic E-state index is 12.6. The van der Waals surface area contributed by atoms with E-state index in [9.17, 15) is 9.59 Å². The van der Waals surface area contributed by atoms with E-state index in [1.165, 1.54) is 21.6 Å². The molecular formula is C24H26N4O2S4. The molecule has 2 aromatic rings. The zero-order valence-electron chi connectivity index (χ0n) is 18.7. The highest BCUT2D eigenvalue weighted by molar-refractivity contribution is 8.89. The van der Waals surface area contributed by atoms with Gasteiger partial charge < -0.3 is 19.6 Å². The van der Waals surface area contributed by atoms with Crippen LogP contribution in [-0.4, -0.2) is 92.4 Å². The Morgan fingerprint density at radius 2 is 0.824 bits per heavy atom. The fraction of sp³-hybridized carbons (Fsp3) is 0.333. The lowest BCUT2D eigenvalue weighted by Gasteiger charge is -2.37. The first-order valence-electron chi connectivity index (χ1n) is 11.1. The summed E-state index contributed by atoms with van der Waals surface area (Å²) in [5.41, 5.74) is 1.44. The van der Waals surface area contributed by atoms with Gasteiger partial charge in [0, 0.05) is 63.5 Å². The van der Waals surface area contributed by atoms with Crippen LogP contribution in [0.5, 0.6) is 0 Å². The van der Waals surface area contributed by atoms with Crippen LogP contribution in [0.1, 0.15) is 20.7 Å². The third kappa shape index (κ3) is 6.29. The third-order valence-electron chi connectivity index (χ3n) is 5.88. The van der Waals surface area contributed by atoms with Gasteiger partial charge in [-0.25, -0.2) is 0 Å². The summed E-state index contributed by atoms with van der Waals surface area (Å²) >= 11 is 11.3. The number of thiocarbonyl (C=S) groups is 2. The predicted octanol–water partition coefficient (Wildman–Crippen LogP) is 3.85. The Balaban J connectivity index is 1.17. The lowest BCUT2D eigenvalue weighted by atomic mass is 10.2. The monoisotopic (exact) mass is 530 g/mol. The van der Waals surface area contributed by atoms with Gasteiger partial charge in [0.2, 0.25) is 0 Å². The van der Waals surface area contributed by atoms with Crippen molar-refractivity contribution in [3.8, 4) is 0 Å². The van der Waals surface area contributed by atoms with Crippen LogP contribution in [0, 0.1) is 0 Å². The van der Waals surface area contributed by atoms with E-state index < -0.39 is 0 Å². The zero-order valence-corrected chi connectivity index (χ0v) is 21.9. The van der Waals surface area contributed by atoms with Crippen molar-refractivity contribution in [2.75, 3.05) is 52.4 Å². The van der Waals surface area contributed by atoms with Gasteiger partial charge in [0.05, 0.1) is 0 Å². The topological polar surface area (TPSA) is 47.1 Å². The Hall–Kier alpha value is -2.14. The first-order valence-corrected chi connectivity index (χ1v) is 14.1. The molecule has 0 aliphatic carbocycles. The van der Waals surface area contributed by atoms with Gasteiger partial charge >= 0.3 is 0 Å². The van der Waals surface area contributed by atoms with Gasteiger partial charge in [0.15, 0.2) is 0 Å². The normalized spacial score (nSPS) is 16.4. The molecule has 0 atom stereocenters. The molecule has 0 saturated carbocycles. The summed E-state index contributed by atoms with van der Waals surface area (Å²) in [4.78, 5) is 33.3. The average molecular weight is 531 g/mol. The summed E-state index contributed by atoms with van der Waals surface area (Å²) < 4.78 is 1.58. The number of benzene rings is 2. The second kappa shape index (κ2) is 12.0. The van der Waals surface area contributed by atoms with E-state index in [1.807, 2.05) is 70.5 Å². The van der Waals surface area contributed by atoms with E-state index in [0.29, 0.717) is 26.2 Å². The molecule has 10 heteroatoms. The van der Waals surface area contributed by atoms with Crippen molar-refractivity contribution in [1.82, 2.24) is 19.6 Å². The van der Waals surface area contributed by atoms with E-state index in [2.05, 4.69) is 9.80 Å². The third-order valence-corrected chi connectivity index (χ3v) is 9.61. The molecule has 0 aromatic heterocycles. The Morgan fingerprint density at radius 1 is 0.529 bits per heavy atom. The van der Waals surface area contributed by atoms with E-state index in [1.54, 1.807) is 0 Å². The molecule has 2 saturated heterocycles. The smallest absolute Gasteiger partial charge is 0.253 e. The number of hydrogen-bond donors (Lipinski definition) is 0. The molecule has 2 aliphatic heterocycles. The van der Waals surface area contributed by atoms with Crippen molar-refractivity contribution in [3.63, 3.8) is 0 Å². The summed E-state index contributed by atoms with van der Waals surface area (Å²) in [6.07, 6.45) is 0. The SMILES string of the molecule is O=C(c1ccccc1)N1CCN(C(=S)SSC(=S)N2CCN(C(=O)c3ccccc3)CC2)CC1. The van der Waals surface area contributed by atoms with Crippen LogP contribution < -0.4 is 0 Å². The predicted molar refractivity (Wildman–Crippen MR) is 148 cm³/mol. The summed E-state index contributed by atoms with van der Waals surface area (Å²) in [6, 6.07) is 18.8. The fourth-order valence-electron chi connectivity index (χ4n) is 3.89. The molecule has 2 aliphatic rings. The molecular weight excluding hydrogens is 505 g/mol. The molecule has 0 N–H and O–H groups in total. The van der Waals surface area contributed by atoms with Gasteiger partial charge in [-0.05, 0) is 45.9 Å². The van der Waals surface area contributed by atoms with Crippen molar-refractivity contribution in [3.05, 3.63) is 71.8 Å². The Morgan fingerprint density at radius 3 is 1.15 bits per heavy atom. The van der Waals surface area contributed by atoms with E-state index >= 15 is 0 Å². The van der Waals surface area contributed by atoms with Crippen molar-refractivity contribution in [2.45, 2.75) is 0 Å². The van der Waals surface area contributed by atoms with Gasteiger partial charge in [0.1, 0.15) is 8.64 Å². The van der Waals surface area contributed by atoms with Gasteiger partial charge in [-0.2, -0.15) is 0 Å². The maximum atomic E-state index is 12.6. The van der Waals surface area contributed by atoms with Crippen LogP contribution in [0.15, 0.2) is 60.7 Å². The highest BCUT2D eigenvalue weighted by Gasteiger charge is 2.26. The van der Waals surface area contributed by atoms with Crippen molar-refractivity contribution >= 4 is 66.5 Å². The maximum Gasteiger partial charge on any atom is 0.253 e. The summed E-state index contributed by atoms with van der Waals surface area (Å²) in [5.74, 6) is 0.138. The fourth-order valence-corrected chi connectivity index (χ4v) is 6.64. The van der Waals surface area contributed by atoms with Crippen LogP contribution in [0.25, 0.3) is 0 Å². The summed E-state index contributed by atoms with van der Waals surface area (Å²) in [7, 11) is 3.00. The number of piperazine rings is 2. The number of carbonyl (C=O) groups is 2. The number of hydrogen-bond acceptors (Lipinski definition) is 6. The molecule has 4 rings (SSSR count). The molecule has 0 radical (unpaired) electrons. The van der Waals surface area contributed by atoms with E-state index in [4.69, 9.17) is 24.4 Å². The van der Waals surface area contributed by atoms with E-state index in [-0.39, 0.29) is 11.8 Å². The first-order chi connectivity index (χ1) is 16.5. The second-order valence-electron chi connectivity index (χ2n) is 7.99. The minimum atomic E-state index is 0.0688. The zero-order chi connectivity index (χ0) is 23.9. The van der Waals surface area contributed by atoms with Crippen LogP contribution >= 0.6 is 46.0 Å². The molecule has 2 heterocycles. The molecule has 0 spiro atoms. The van der Waals surface area contributed by atoms with Gasteiger partial charge in [0.25, 0.3) is 11.8 Å². The van der Waals surface area contributed by atoms with Gasteiger partial charge in [-0.1, -0.05) is 60.8 Å². The highest BCUT2D eigenvalue weighted by Crippen LogP contribution is 2.29. The molecule has 178 valence electrons. The van der Waals surface area contributed by atoms with Crippen LogP contribution in [-0.2, 0) is 0 Å². The van der Waals surface area contributed by atoms with Crippen LogP contribution in [0.3, 0.4) is 0 Å². The molecule has 6 nitrogen and oxygen atoms in total. The quantitative estimate of drug-likeness (QED) is 0.429. The van der Waals surface area contributed by atoms with Crippen molar-refractivity contribution in [2.24, 2.45) is 0 Å². The molecule has 34 heavy (non-hydrogen) atoms. The minimum absolute atomic E-state index is 0.0688. The average Bonchev–Trinajstić information content (AvgIpc) is 2.92. The molecule has 0 bridgehead atoms. The largest absolute Gasteiger partial charge is 0.353 e. The Labute approximate surface area is 219 Å². The van der Waals surface area contributed by atoms with Gasteiger partial charge in [-0.15, -0.1) is 0 Å². The van der Waals surface area contributed by atoms with Crippen LogP contribution in [0.2, 0.25) is 0 Å². The number of carbonyl (C=O) groups excluding carboxylic acids is 2. The van der Waals surface area contributed by atoms with Crippen molar-refractivity contribution in [1.29, 1.82) is 0 Å². The Bertz CT molecular complexity index is 938. The minimum Gasteiger partial charge on any atom is -0.353 e. The second-order valence-corrected chi connectivity index (χ2v) is 11.4. The Kier molecular flexibility index (Phi) is 8.82. The summed E-state index contributed by atoms with van der Waals surface area (Å²) in [6.45, 7) is 5.50. The highest BCUT2D eigenvalue weighted by atomic mass is 33.1. The lowest BCUT2D eigenvalue weighted by Crippen LogP contribution is -2.50. The van der Waals surface area contributed by atoms with Gasteiger partial charge in [-0.3, -0.25) is 9.59 Å². The number of nitrogens with zero attached hydrogens (tertiary/aromatic N) is 4. The molecule has 0 unspecified atom stereocenters. The molecule has 2 aromatic carbocycles.